The van der Waals surface area contributed by atoms with Gasteiger partial charge in [0, 0.05) is 18.8 Å². The van der Waals surface area contributed by atoms with Crippen LogP contribution in [0.15, 0.2) is 18.3 Å². The van der Waals surface area contributed by atoms with Crippen molar-refractivity contribution < 1.29 is 14.8 Å². The predicted molar refractivity (Wildman–Crippen MR) is 67.9 cm³/mol. The zero-order valence-electron chi connectivity index (χ0n) is 10.3. The van der Waals surface area contributed by atoms with E-state index < -0.39 is 10.9 Å². The summed E-state index contributed by atoms with van der Waals surface area (Å²) in [7, 11) is 0. The van der Waals surface area contributed by atoms with E-state index in [1.807, 2.05) is 0 Å². The first kappa shape index (κ1) is 13.3. The molecule has 0 aliphatic heterocycles. The number of nitro groups is 1. The first-order chi connectivity index (χ1) is 9.02. The number of hydrogen-bond donors (Lipinski definition) is 2. The van der Waals surface area contributed by atoms with Gasteiger partial charge in [0.25, 0.3) is 0 Å². The lowest BCUT2D eigenvalue weighted by molar-refractivity contribution is -0.384. The SMILES string of the molecule is O=C(O)CC1(CNc2ncccc2[N+](=O)[O-])CCC1. The summed E-state index contributed by atoms with van der Waals surface area (Å²) in [4.78, 5) is 25.1. The number of aliphatic carboxylic acids is 1. The molecule has 1 aromatic heterocycles. The third-order valence-electron chi connectivity index (χ3n) is 3.55. The van der Waals surface area contributed by atoms with Crippen LogP contribution in [0.25, 0.3) is 0 Å². The minimum atomic E-state index is -0.836. The fourth-order valence-corrected chi connectivity index (χ4v) is 2.37. The average molecular weight is 265 g/mol. The van der Waals surface area contributed by atoms with Gasteiger partial charge >= 0.3 is 11.7 Å². The molecule has 0 amide bonds. The number of carboxylic acid groups (broad SMARTS) is 1. The molecule has 0 aromatic carbocycles. The number of anilines is 1. The van der Waals surface area contributed by atoms with Crippen molar-refractivity contribution in [1.29, 1.82) is 0 Å². The highest BCUT2D eigenvalue weighted by atomic mass is 16.6. The molecule has 0 saturated heterocycles. The smallest absolute Gasteiger partial charge is 0.311 e. The van der Waals surface area contributed by atoms with Crippen molar-refractivity contribution in [3.05, 3.63) is 28.4 Å². The maximum atomic E-state index is 10.8. The van der Waals surface area contributed by atoms with Gasteiger partial charge in [-0.25, -0.2) is 4.98 Å². The largest absolute Gasteiger partial charge is 0.481 e. The highest BCUT2D eigenvalue weighted by Crippen LogP contribution is 2.44. The van der Waals surface area contributed by atoms with Crippen molar-refractivity contribution in [2.24, 2.45) is 5.41 Å². The molecule has 7 heteroatoms. The van der Waals surface area contributed by atoms with Gasteiger partial charge in [-0.2, -0.15) is 0 Å². The molecule has 0 atom stereocenters. The maximum Gasteiger partial charge on any atom is 0.311 e. The first-order valence-corrected chi connectivity index (χ1v) is 6.07. The Balaban J connectivity index is 2.06. The maximum absolute atomic E-state index is 10.8. The number of hydrogen-bond acceptors (Lipinski definition) is 5. The number of aromatic nitrogens is 1. The van der Waals surface area contributed by atoms with Crippen molar-refractivity contribution in [2.45, 2.75) is 25.7 Å². The Labute approximate surface area is 109 Å². The quantitative estimate of drug-likeness (QED) is 0.602. The Morgan fingerprint density at radius 2 is 2.32 bits per heavy atom. The van der Waals surface area contributed by atoms with E-state index in [0.29, 0.717) is 6.54 Å². The minimum Gasteiger partial charge on any atom is -0.481 e. The lowest BCUT2D eigenvalue weighted by Crippen LogP contribution is -2.38. The van der Waals surface area contributed by atoms with Crippen LogP contribution in [0.3, 0.4) is 0 Å². The summed E-state index contributed by atoms with van der Waals surface area (Å²) < 4.78 is 0. The summed E-state index contributed by atoms with van der Waals surface area (Å²) in [5, 5.41) is 22.7. The molecule has 1 aromatic rings. The van der Waals surface area contributed by atoms with Crippen LogP contribution in [-0.2, 0) is 4.79 Å². The van der Waals surface area contributed by atoms with Crippen LogP contribution in [-0.4, -0.2) is 27.5 Å². The Hall–Kier alpha value is -2.18. The topological polar surface area (TPSA) is 105 Å². The van der Waals surface area contributed by atoms with Gasteiger partial charge in [0.2, 0.25) is 5.82 Å². The normalized spacial score (nSPS) is 16.4. The van der Waals surface area contributed by atoms with Crippen LogP contribution in [0, 0.1) is 15.5 Å². The second-order valence-corrected chi connectivity index (χ2v) is 4.91. The lowest BCUT2D eigenvalue weighted by Gasteiger charge is -2.40. The molecule has 102 valence electrons. The molecule has 0 unspecified atom stereocenters. The van der Waals surface area contributed by atoms with E-state index in [1.165, 1.54) is 18.3 Å². The summed E-state index contributed by atoms with van der Waals surface area (Å²) in [6.07, 6.45) is 4.21. The van der Waals surface area contributed by atoms with E-state index in [1.54, 1.807) is 0 Å². The number of carboxylic acids is 1. The van der Waals surface area contributed by atoms with E-state index in [-0.39, 0.29) is 23.3 Å². The van der Waals surface area contributed by atoms with Crippen molar-refractivity contribution in [1.82, 2.24) is 4.98 Å². The van der Waals surface area contributed by atoms with E-state index >= 15 is 0 Å². The average Bonchev–Trinajstić information content (AvgIpc) is 2.32. The molecule has 2 rings (SSSR count). The minimum absolute atomic E-state index is 0.0840. The molecule has 1 heterocycles. The third kappa shape index (κ3) is 2.98. The van der Waals surface area contributed by atoms with Gasteiger partial charge in [-0.15, -0.1) is 0 Å². The Bertz CT molecular complexity index is 500. The van der Waals surface area contributed by atoms with Crippen LogP contribution in [0.2, 0.25) is 0 Å². The van der Waals surface area contributed by atoms with Gasteiger partial charge < -0.3 is 10.4 Å². The molecule has 1 aliphatic carbocycles. The van der Waals surface area contributed by atoms with E-state index in [4.69, 9.17) is 5.11 Å². The second-order valence-electron chi connectivity index (χ2n) is 4.91. The summed E-state index contributed by atoms with van der Waals surface area (Å²) in [6.45, 7) is 0.400. The first-order valence-electron chi connectivity index (χ1n) is 6.07. The van der Waals surface area contributed by atoms with Crippen LogP contribution in [0.1, 0.15) is 25.7 Å². The van der Waals surface area contributed by atoms with E-state index in [0.717, 1.165) is 19.3 Å². The molecule has 1 aliphatic rings. The highest BCUT2D eigenvalue weighted by molar-refractivity contribution is 5.68. The van der Waals surface area contributed by atoms with Crippen LogP contribution in [0.5, 0.6) is 0 Å². The number of pyridine rings is 1. The molecule has 2 N–H and O–H groups in total. The van der Waals surface area contributed by atoms with Crippen molar-refractivity contribution >= 4 is 17.5 Å². The van der Waals surface area contributed by atoms with Crippen LogP contribution in [0.4, 0.5) is 11.5 Å². The fourth-order valence-electron chi connectivity index (χ4n) is 2.37. The third-order valence-corrected chi connectivity index (χ3v) is 3.55. The number of rotatable bonds is 6. The monoisotopic (exact) mass is 265 g/mol. The molecule has 1 saturated carbocycles. The molecular formula is C12H15N3O4. The van der Waals surface area contributed by atoms with E-state index in [9.17, 15) is 14.9 Å². The van der Waals surface area contributed by atoms with Crippen molar-refractivity contribution in [3.8, 4) is 0 Å². The standard InChI is InChI=1S/C12H15N3O4/c16-10(17)7-12(4-2-5-12)8-14-11-9(15(18)19)3-1-6-13-11/h1,3,6H,2,4-5,7-8H2,(H,13,14)(H,16,17). The number of carbonyl (C=O) groups is 1. The fraction of sp³-hybridized carbons (Fsp3) is 0.500. The van der Waals surface area contributed by atoms with Gasteiger partial charge in [-0.3, -0.25) is 14.9 Å². The van der Waals surface area contributed by atoms with Crippen molar-refractivity contribution in [3.63, 3.8) is 0 Å². The molecule has 1 fully saturated rings. The summed E-state index contributed by atoms with van der Waals surface area (Å²) in [5.74, 6) is -0.638. The Kier molecular flexibility index (Phi) is 3.64. The number of nitrogens with one attached hydrogen (secondary N) is 1. The molecule has 0 spiro atoms. The molecular weight excluding hydrogens is 250 g/mol. The van der Waals surface area contributed by atoms with Crippen LogP contribution >= 0.6 is 0 Å². The summed E-state index contributed by atoms with van der Waals surface area (Å²) >= 11 is 0. The molecule has 19 heavy (non-hydrogen) atoms. The molecule has 7 nitrogen and oxygen atoms in total. The van der Waals surface area contributed by atoms with Crippen molar-refractivity contribution in [2.75, 3.05) is 11.9 Å². The Morgan fingerprint density at radius 1 is 1.58 bits per heavy atom. The zero-order chi connectivity index (χ0) is 13.9. The second kappa shape index (κ2) is 5.21. The van der Waals surface area contributed by atoms with Gasteiger partial charge in [0.1, 0.15) is 0 Å². The summed E-state index contributed by atoms with van der Waals surface area (Å²) in [6, 6.07) is 2.87. The van der Waals surface area contributed by atoms with E-state index in [2.05, 4.69) is 10.3 Å². The molecule has 0 bridgehead atoms. The van der Waals surface area contributed by atoms with Crippen LogP contribution < -0.4 is 5.32 Å². The Morgan fingerprint density at radius 3 is 2.84 bits per heavy atom. The molecule has 0 radical (unpaired) electrons. The predicted octanol–water partition coefficient (Wildman–Crippen LogP) is 2.05. The van der Waals surface area contributed by atoms with Gasteiger partial charge in [0.05, 0.1) is 11.3 Å². The highest BCUT2D eigenvalue weighted by Gasteiger charge is 2.39. The van der Waals surface area contributed by atoms with Gasteiger partial charge in [0.15, 0.2) is 0 Å². The number of nitrogens with zero attached hydrogens (tertiary/aromatic N) is 2. The van der Waals surface area contributed by atoms with Gasteiger partial charge in [-0.05, 0) is 24.3 Å². The summed E-state index contributed by atoms with van der Waals surface area (Å²) in [5.41, 5.74) is -0.385. The lowest BCUT2D eigenvalue weighted by atomic mass is 9.66. The zero-order valence-corrected chi connectivity index (χ0v) is 10.3. The van der Waals surface area contributed by atoms with Gasteiger partial charge in [-0.1, -0.05) is 6.42 Å².